The van der Waals surface area contributed by atoms with E-state index in [1.807, 2.05) is 0 Å². The Balaban J connectivity index is 1.74. The van der Waals surface area contributed by atoms with E-state index < -0.39 is 28.2 Å². The first kappa shape index (κ1) is 22.1. The molecule has 0 saturated carbocycles. The van der Waals surface area contributed by atoms with Crippen LogP contribution in [0.25, 0.3) is 11.3 Å². The van der Waals surface area contributed by atoms with E-state index in [1.54, 1.807) is 20.0 Å². The Morgan fingerprint density at radius 1 is 1.24 bits per heavy atom. The number of hydrogen-bond donors (Lipinski definition) is 1. The molecule has 33 heavy (non-hydrogen) atoms. The molecule has 0 aliphatic carbocycles. The number of hydrogen-bond acceptors (Lipinski definition) is 7. The van der Waals surface area contributed by atoms with Gasteiger partial charge >= 0.3 is 0 Å². The molecule has 1 N–H and O–H groups in total. The molecular formula is C21H19F2N7O3. The van der Waals surface area contributed by atoms with Gasteiger partial charge in [-0.3, -0.25) is 14.8 Å². The molecular weight excluding hydrogens is 436 g/mol. The molecule has 3 aromatic heterocycles. The van der Waals surface area contributed by atoms with Gasteiger partial charge in [0.05, 0.1) is 29.4 Å². The predicted octanol–water partition coefficient (Wildman–Crippen LogP) is 3.18. The fraction of sp³-hybridized carbons (Fsp3) is 0.238. The maximum absolute atomic E-state index is 14.7. The first-order valence-electron chi connectivity index (χ1n) is 9.85. The van der Waals surface area contributed by atoms with Crippen LogP contribution in [0, 0.1) is 28.7 Å². The molecule has 2 atom stereocenters. The Kier molecular flexibility index (Phi) is 5.68. The Bertz CT molecular complexity index is 1310. The van der Waals surface area contributed by atoms with Gasteiger partial charge in [0.25, 0.3) is 5.69 Å². The van der Waals surface area contributed by atoms with Gasteiger partial charge in [0, 0.05) is 29.5 Å². The standard InChI is InChI=1S/C21H19F2N7O3/c1-13-5-17(30(32)33)8-25-20(13)15-7-26-29(9-15)14(2)21(31,10-28-12-24-11-27-28)18-4-3-16(22)6-19(18)23/h3-9,11-12,14,31H,10H2,1-2H3/t14-,21-/m1/s1. The SMILES string of the molecule is Cc1cc([N+](=O)[O-])cnc1-c1cnn([C@H](C)[C@](O)(Cn2cncn2)c2ccc(F)cc2F)c1. The summed E-state index contributed by atoms with van der Waals surface area (Å²) in [5.74, 6) is -1.68. The number of pyridine rings is 1. The molecule has 12 heteroatoms. The third-order valence-electron chi connectivity index (χ3n) is 5.50. The highest BCUT2D eigenvalue weighted by atomic mass is 19.1. The van der Waals surface area contributed by atoms with Crippen molar-refractivity contribution in [3.63, 3.8) is 0 Å². The normalized spacial score (nSPS) is 14.1. The van der Waals surface area contributed by atoms with E-state index in [0.717, 1.165) is 12.3 Å². The second kappa shape index (κ2) is 8.47. The van der Waals surface area contributed by atoms with E-state index in [-0.39, 0.29) is 17.8 Å². The molecule has 0 aliphatic heterocycles. The van der Waals surface area contributed by atoms with Gasteiger partial charge in [0.15, 0.2) is 0 Å². The van der Waals surface area contributed by atoms with Crippen molar-refractivity contribution in [2.75, 3.05) is 0 Å². The van der Waals surface area contributed by atoms with Crippen molar-refractivity contribution in [3.8, 4) is 11.3 Å². The maximum Gasteiger partial charge on any atom is 0.287 e. The van der Waals surface area contributed by atoms with Crippen LogP contribution in [0.4, 0.5) is 14.5 Å². The highest BCUT2D eigenvalue weighted by Crippen LogP contribution is 2.37. The lowest BCUT2D eigenvalue weighted by Crippen LogP contribution is -2.40. The minimum absolute atomic E-state index is 0.131. The number of halogens is 2. The number of benzene rings is 1. The summed E-state index contributed by atoms with van der Waals surface area (Å²) in [6.45, 7) is 3.14. The van der Waals surface area contributed by atoms with Crippen molar-refractivity contribution in [1.82, 2.24) is 29.5 Å². The minimum Gasteiger partial charge on any atom is -0.381 e. The third-order valence-corrected chi connectivity index (χ3v) is 5.50. The molecule has 4 aromatic rings. The molecule has 3 heterocycles. The molecule has 0 bridgehead atoms. The molecule has 0 saturated heterocycles. The van der Waals surface area contributed by atoms with Gasteiger partial charge in [-0.2, -0.15) is 10.2 Å². The van der Waals surface area contributed by atoms with Crippen LogP contribution < -0.4 is 0 Å². The fourth-order valence-corrected chi connectivity index (χ4v) is 3.70. The Morgan fingerprint density at radius 2 is 2.03 bits per heavy atom. The van der Waals surface area contributed by atoms with Gasteiger partial charge in [-0.25, -0.2) is 23.4 Å². The molecule has 1 aromatic carbocycles. The average Bonchev–Trinajstić information content (AvgIpc) is 3.45. The van der Waals surface area contributed by atoms with Crippen LogP contribution in [0.2, 0.25) is 0 Å². The van der Waals surface area contributed by atoms with Gasteiger partial charge in [-0.1, -0.05) is 6.07 Å². The zero-order valence-electron chi connectivity index (χ0n) is 17.6. The van der Waals surface area contributed by atoms with Gasteiger partial charge in [0.1, 0.15) is 36.1 Å². The van der Waals surface area contributed by atoms with E-state index in [0.29, 0.717) is 22.9 Å². The van der Waals surface area contributed by atoms with E-state index in [9.17, 15) is 24.0 Å². The van der Waals surface area contributed by atoms with Crippen LogP contribution in [0.3, 0.4) is 0 Å². The van der Waals surface area contributed by atoms with Crippen molar-refractivity contribution in [1.29, 1.82) is 0 Å². The largest absolute Gasteiger partial charge is 0.381 e. The van der Waals surface area contributed by atoms with Crippen LogP contribution in [0.15, 0.2) is 55.5 Å². The second-order valence-corrected chi connectivity index (χ2v) is 7.64. The molecule has 10 nitrogen and oxygen atoms in total. The van der Waals surface area contributed by atoms with Crippen LogP contribution >= 0.6 is 0 Å². The van der Waals surface area contributed by atoms with E-state index >= 15 is 0 Å². The monoisotopic (exact) mass is 455 g/mol. The topological polar surface area (TPSA) is 125 Å². The van der Waals surface area contributed by atoms with Crippen LogP contribution in [-0.4, -0.2) is 39.6 Å². The van der Waals surface area contributed by atoms with Crippen molar-refractivity contribution < 1.29 is 18.8 Å². The number of nitrogens with zero attached hydrogens (tertiary/aromatic N) is 7. The number of rotatable bonds is 7. The fourth-order valence-electron chi connectivity index (χ4n) is 3.70. The zero-order chi connectivity index (χ0) is 23.8. The van der Waals surface area contributed by atoms with E-state index in [2.05, 4.69) is 20.2 Å². The molecule has 0 spiro atoms. The number of aliphatic hydroxyl groups is 1. The molecule has 4 rings (SSSR count). The second-order valence-electron chi connectivity index (χ2n) is 7.64. The predicted molar refractivity (Wildman–Crippen MR) is 112 cm³/mol. The van der Waals surface area contributed by atoms with E-state index in [1.165, 1.54) is 40.3 Å². The van der Waals surface area contributed by atoms with E-state index in [4.69, 9.17) is 0 Å². The van der Waals surface area contributed by atoms with Gasteiger partial charge in [-0.15, -0.1) is 0 Å². The van der Waals surface area contributed by atoms with Crippen molar-refractivity contribution in [3.05, 3.63) is 88.4 Å². The lowest BCUT2D eigenvalue weighted by atomic mass is 9.86. The van der Waals surface area contributed by atoms with Gasteiger partial charge in [0.2, 0.25) is 0 Å². The van der Waals surface area contributed by atoms with Crippen LogP contribution in [0.1, 0.15) is 24.1 Å². The quantitative estimate of drug-likeness (QED) is 0.335. The van der Waals surface area contributed by atoms with Gasteiger partial charge in [-0.05, 0) is 25.5 Å². The molecule has 0 unspecified atom stereocenters. The average molecular weight is 455 g/mol. The zero-order valence-corrected chi connectivity index (χ0v) is 17.6. The Hall–Kier alpha value is -4.06. The summed E-state index contributed by atoms with van der Waals surface area (Å²) in [4.78, 5) is 18.5. The first-order chi connectivity index (χ1) is 15.7. The summed E-state index contributed by atoms with van der Waals surface area (Å²) in [5, 5.41) is 30.9. The van der Waals surface area contributed by atoms with Crippen molar-refractivity contribution in [2.45, 2.75) is 32.0 Å². The summed E-state index contributed by atoms with van der Waals surface area (Å²) in [7, 11) is 0. The van der Waals surface area contributed by atoms with Crippen LogP contribution in [-0.2, 0) is 12.1 Å². The molecule has 0 fully saturated rings. The summed E-state index contributed by atoms with van der Waals surface area (Å²) < 4.78 is 31.0. The Labute approximate surface area is 186 Å². The lowest BCUT2D eigenvalue weighted by Gasteiger charge is -2.34. The Morgan fingerprint density at radius 3 is 2.67 bits per heavy atom. The van der Waals surface area contributed by atoms with Crippen molar-refractivity contribution >= 4 is 5.69 Å². The lowest BCUT2D eigenvalue weighted by molar-refractivity contribution is -0.385. The van der Waals surface area contributed by atoms with Crippen molar-refractivity contribution in [2.24, 2.45) is 0 Å². The highest BCUT2D eigenvalue weighted by Gasteiger charge is 2.41. The molecule has 170 valence electrons. The van der Waals surface area contributed by atoms with Gasteiger partial charge < -0.3 is 5.11 Å². The maximum atomic E-state index is 14.7. The molecule has 0 amide bonds. The third kappa shape index (κ3) is 4.20. The molecule has 0 aliphatic rings. The number of nitro groups is 1. The summed E-state index contributed by atoms with van der Waals surface area (Å²) in [6, 6.07) is 3.51. The first-order valence-corrected chi connectivity index (χ1v) is 9.85. The minimum atomic E-state index is -1.88. The molecule has 0 radical (unpaired) electrons. The number of aromatic nitrogens is 6. The summed E-state index contributed by atoms with van der Waals surface area (Å²) in [5.41, 5.74) is -0.547. The van der Waals surface area contributed by atoms with Crippen LogP contribution in [0.5, 0.6) is 0 Å². The summed E-state index contributed by atoms with van der Waals surface area (Å²) in [6.07, 6.45) is 6.89. The highest BCUT2D eigenvalue weighted by molar-refractivity contribution is 5.62. The summed E-state index contributed by atoms with van der Waals surface area (Å²) >= 11 is 0. The smallest absolute Gasteiger partial charge is 0.287 e. The number of aryl methyl sites for hydroxylation is 1.